The summed E-state index contributed by atoms with van der Waals surface area (Å²) in [5.74, 6) is 2.16. The molecule has 0 saturated heterocycles. The molecule has 1 aromatic rings. The molecule has 0 radical (unpaired) electrons. The van der Waals surface area contributed by atoms with Crippen molar-refractivity contribution in [3.8, 4) is 0 Å². The average Bonchev–Trinajstić information content (AvgIpc) is 3.11. The summed E-state index contributed by atoms with van der Waals surface area (Å²) in [5, 5.41) is 4.07. The van der Waals surface area contributed by atoms with Gasteiger partial charge >= 0.3 is 0 Å². The molecule has 1 aliphatic rings. The number of nitrogens with two attached hydrogens (primary N) is 1. The highest BCUT2D eigenvalue weighted by atomic mass is 16.5. The highest BCUT2D eigenvalue weighted by Gasteiger charge is 2.24. The van der Waals surface area contributed by atoms with Crippen molar-refractivity contribution in [2.75, 3.05) is 19.6 Å². The van der Waals surface area contributed by atoms with Gasteiger partial charge in [-0.15, -0.1) is 0 Å². The van der Waals surface area contributed by atoms with E-state index < -0.39 is 0 Å². The van der Waals surface area contributed by atoms with E-state index in [9.17, 15) is 0 Å². The van der Waals surface area contributed by atoms with Crippen LogP contribution in [0.2, 0.25) is 0 Å². The number of hydrogen-bond acceptors (Lipinski definition) is 5. The van der Waals surface area contributed by atoms with Gasteiger partial charge in [0.25, 0.3) is 0 Å². The molecule has 1 unspecified atom stereocenters. The second-order valence-corrected chi connectivity index (χ2v) is 5.79. The van der Waals surface area contributed by atoms with Gasteiger partial charge in [0.1, 0.15) is 0 Å². The Labute approximate surface area is 121 Å². The summed E-state index contributed by atoms with van der Waals surface area (Å²) < 4.78 is 5.33. The quantitative estimate of drug-likeness (QED) is 0.789. The van der Waals surface area contributed by atoms with Crippen LogP contribution in [0.5, 0.6) is 0 Å². The molecule has 0 aromatic carbocycles. The first kappa shape index (κ1) is 15.4. The van der Waals surface area contributed by atoms with Crippen LogP contribution in [0.15, 0.2) is 4.52 Å². The highest BCUT2D eigenvalue weighted by Crippen LogP contribution is 2.27. The molecule has 5 heteroatoms. The summed E-state index contributed by atoms with van der Waals surface area (Å²) in [5.41, 5.74) is 6.25. The maximum atomic E-state index is 6.25. The zero-order valence-electron chi connectivity index (χ0n) is 12.8. The van der Waals surface area contributed by atoms with Crippen LogP contribution in [0.25, 0.3) is 0 Å². The monoisotopic (exact) mass is 280 g/mol. The molecule has 5 nitrogen and oxygen atoms in total. The van der Waals surface area contributed by atoms with Crippen molar-refractivity contribution < 1.29 is 4.52 Å². The smallest absolute Gasteiger partial charge is 0.228 e. The van der Waals surface area contributed by atoms with Crippen molar-refractivity contribution in [1.29, 1.82) is 0 Å². The first-order chi connectivity index (χ1) is 9.72. The zero-order valence-corrected chi connectivity index (χ0v) is 12.8. The molecule has 1 aliphatic carbocycles. The third-order valence-corrected chi connectivity index (χ3v) is 4.47. The molecule has 2 N–H and O–H groups in total. The van der Waals surface area contributed by atoms with Crippen molar-refractivity contribution in [2.45, 2.75) is 58.4 Å². The summed E-state index contributed by atoms with van der Waals surface area (Å²) in [7, 11) is 0. The fourth-order valence-electron chi connectivity index (χ4n) is 3.03. The fourth-order valence-corrected chi connectivity index (χ4v) is 3.03. The molecule has 0 amide bonds. The number of nitrogens with zero attached hydrogens (tertiary/aromatic N) is 3. The van der Waals surface area contributed by atoms with Crippen LogP contribution >= 0.6 is 0 Å². The first-order valence-electron chi connectivity index (χ1n) is 8.02. The van der Waals surface area contributed by atoms with Crippen molar-refractivity contribution in [2.24, 2.45) is 11.7 Å². The van der Waals surface area contributed by atoms with E-state index in [1.165, 1.54) is 25.7 Å². The van der Waals surface area contributed by atoms with Gasteiger partial charge in [0.15, 0.2) is 5.82 Å². The number of hydrogen-bond donors (Lipinski definition) is 1. The van der Waals surface area contributed by atoms with Crippen LogP contribution in [0.1, 0.15) is 51.2 Å². The van der Waals surface area contributed by atoms with E-state index in [-0.39, 0.29) is 6.04 Å². The van der Waals surface area contributed by atoms with Gasteiger partial charge in [0.05, 0.1) is 0 Å². The summed E-state index contributed by atoms with van der Waals surface area (Å²) >= 11 is 0. The van der Waals surface area contributed by atoms with Crippen LogP contribution in [-0.4, -0.2) is 40.7 Å². The van der Waals surface area contributed by atoms with Gasteiger partial charge in [-0.2, -0.15) is 4.98 Å². The summed E-state index contributed by atoms with van der Waals surface area (Å²) in [6, 6.07) is 0.175. The van der Waals surface area contributed by atoms with Crippen LogP contribution in [-0.2, 0) is 12.8 Å². The van der Waals surface area contributed by atoms with E-state index in [1.54, 1.807) is 0 Å². The number of rotatable bonds is 8. The standard InChI is InChI=1S/C15H28N4O/c1-3-19(4-2)10-9-14-17-15(20-18-14)11-13(16)12-7-5-6-8-12/h12-13H,3-11,16H2,1-2H3. The molecular formula is C15H28N4O. The lowest BCUT2D eigenvalue weighted by molar-refractivity contribution is 0.301. The van der Waals surface area contributed by atoms with Crippen molar-refractivity contribution in [3.63, 3.8) is 0 Å². The molecule has 1 aromatic heterocycles. The Bertz CT molecular complexity index is 383. The molecule has 1 heterocycles. The lowest BCUT2D eigenvalue weighted by Crippen LogP contribution is -2.30. The van der Waals surface area contributed by atoms with Crippen LogP contribution in [0, 0.1) is 5.92 Å². The molecule has 1 fully saturated rings. The Balaban J connectivity index is 1.79. The topological polar surface area (TPSA) is 68.2 Å². The van der Waals surface area contributed by atoms with Gasteiger partial charge in [0, 0.05) is 25.4 Å². The second kappa shape index (κ2) is 7.74. The Morgan fingerprint density at radius 1 is 1.30 bits per heavy atom. The molecular weight excluding hydrogens is 252 g/mol. The van der Waals surface area contributed by atoms with Gasteiger partial charge in [0.2, 0.25) is 5.89 Å². The fraction of sp³-hybridized carbons (Fsp3) is 0.867. The number of aromatic nitrogens is 2. The van der Waals surface area contributed by atoms with Crippen molar-refractivity contribution in [3.05, 3.63) is 11.7 Å². The Morgan fingerprint density at radius 2 is 2.00 bits per heavy atom. The van der Waals surface area contributed by atoms with Crippen LogP contribution in [0.3, 0.4) is 0 Å². The van der Waals surface area contributed by atoms with Gasteiger partial charge in [-0.25, -0.2) is 0 Å². The summed E-state index contributed by atoms with van der Waals surface area (Å²) in [4.78, 5) is 6.84. The number of likely N-dealkylation sites (N-methyl/N-ethyl adjacent to an activating group) is 1. The largest absolute Gasteiger partial charge is 0.339 e. The second-order valence-electron chi connectivity index (χ2n) is 5.79. The van der Waals surface area contributed by atoms with E-state index in [1.807, 2.05) is 0 Å². The normalized spacial score (nSPS) is 18.0. The average molecular weight is 280 g/mol. The van der Waals surface area contributed by atoms with E-state index >= 15 is 0 Å². The minimum absolute atomic E-state index is 0.175. The Kier molecular flexibility index (Phi) is 5.98. The van der Waals surface area contributed by atoms with Crippen molar-refractivity contribution >= 4 is 0 Å². The Hall–Kier alpha value is -0.940. The zero-order chi connectivity index (χ0) is 14.4. The molecule has 1 atom stereocenters. The molecule has 20 heavy (non-hydrogen) atoms. The lowest BCUT2D eigenvalue weighted by atomic mass is 9.96. The van der Waals surface area contributed by atoms with E-state index in [2.05, 4.69) is 28.9 Å². The lowest BCUT2D eigenvalue weighted by Gasteiger charge is -2.16. The highest BCUT2D eigenvalue weighted by molar-refractivity contribution is 4.92. The van der Waals surface area contributed by atoms with Crippen molar-refractivity contribution in [1.82, 2.24) is 15.0 Å². The molecule has 2 rings (SSSR count). The SMILES string of the molecule is CCN(CC)CCc1noc(CC(N)C2CCCC2)n1. The summed E-state index contributed by atoms with van der Waals surface area (Å²) in [6.45, 7) is 7.46. The third-order valence-electron chi connectivity index (χ3n) is 4.47. The van der Waals surface area contributed by atoms with Gasteiger partial charge in [-0.05, 0) is 31.8 Å². The van der Waals surface area contributed by atoms with Gasteiger partial charge in [-0.3, -0.25) is 0 Å². The van der Waals surface area contributed by atoms with E-state index in [0.29, 0.717) is 11.8 Å². The predicted octanol–water partition coefficient (Wildman–Crippen LogP) is 2.01. The minimum Gasteiger partial charge on any atom is -0.339 e. The summed E-state index contributed by atoms with van der Waals surface area (Å²) in [6.07, 6.45) is 6.72. The maximum Gasteiger partial charge on any atom is 0.228 e. The van der Waals surface area contributed by atoms with Gasteiger partial charge in [-0.1, -0.05) is 31.8 Å². The van der Waals surface area contributed by atoms with E-state index in [0.717, 1.165) is 38.3 Å². The molecule has 1 saturated carbocycles. The van der Waals surface area contributed by atoms with Gasteiger partial charge < -0.3 is 15.2 Å². The van der Waals surface area contributed by atoms with Crippen LogP contribution < -0.4 is 5.73 Å². The van der Waals surface area contributed by atoms with Crippen LogP contribution in [0.4, 0.5) is 0 Å². The molecule has 0 spiro atoms. The molecule has 0 bridgehead atoms. The predicted molar refractivity (Wildman–Crippen MR) is 79.4 cm³/mol. The third kappa shape index (κ3) is 4.28. The maximum absolute atomic E-state index is 6.25. The minimum atomic E-state index is 0.175. The van der Waals surface area contributed by atoms with E-state index in [4.69, 9.17) is 10.3 Å². The Morgan fingerprint density at radius 3 is 2.65 bits per heavy atom. The first-order valence-corrected chi connectivity index (χ1v) is 8.02. The molecule has 114 valence electrons. The molecule has 0 aliphatic heterocycles.